The Hall–Kier alpha value is -0.880. The van der Waals surface area contributed by atoms with Gasteiger partial charge < -0.3 is 10.6 Å². The maximum absolute atomic E-state index is 12.3. The molecule has 3 atom stereocenters. The van der Waals surface area contributed by atoms with Gasteiger partial charge in [-0.15, -0.1) is 36.2 Å². The Kier molecular flexibility index (Phi) is 8.33. The van der Waals surface area contributed by atoms with Crippen molar-refractivity contribution < 1.29 is 4.79 Å². The van der Waals surface area contributed by atoms with Crippen LogP contribution in [0.3, 0.4) is 0 Å². The monoisotopic (exact) mass is 363 g/mol. The van der Waals surface area contributed by atoms with Crippen LogP contribution in [0, 0.1) is 5.92 Å². The van der Waals surface area contributed by atoms with Crippen LogP contribution in [0.1, 0.15) is 31.8 Å². The first kappa shape index (κ1) is 21.1. The average Bonchev–Trinajstić information content (AvgIpc) is 2.87. The molecule has 0 aliphatic carbocycles. The van der Waals surface area contributed by atoms with E-state index < -0.39 is 0 Å². The van der Waals surface area contributed by atoms with Gasteiger partial charge in [-0.2, -0.15) is 0 Å². The van der Waals surface area contributed by atoms with Gasteiger partial charge in [-0.05, 0) is 26.0 Å². The lowest BCUT2D eigenvalue weighted by Gasteiger charge is -2.27. The van der Waals surface area contributed by atoms with Crippen molar-refractivity contribution >= 4 is 52.3 Å². The molecule has 0 saturated heterocycles. The molecule has 2 aromatic rings. The molecule has 4 nitrogen and oxygen atoms in total. The molecule has 1 heterocycles. The topological polar surface area (TPSA) is 59.2 Å². The second kappa shape index (κ2) is 8.67. The van der Waals surface area contributed by atoms with Crippen LogP contribution in [0.25, 0.3) is 10.2 Å². The summed E-state index contributed by atoms with van der Waals surface area (Å²) in [5.41, 5.74) is 6.80. The van der Waals surface area contributed by atoms with E-state index in [-0.39, 0.29) is 48.7 Å². The van der Waals surface area contributed by atoms with Gasteiger partial charge in [0.2, 0.25) is 5.91 Å². The van der Waals surface area contributed by atoms with Crippen molar-refractivity contribution in [3.63, 3.8) is 0 Å². The van der Waals surface area contributed by atoms with E-state index in [1.807, 2.05) is 46.0 Å². The molecule has 3 unspecified atom stereocenters. The van der Waals surface area contributed by atoms with Gasteiger partial charge in [0.15, 0.2) is 0 Å². The second-order valence-corrected chi connectivity index (χ2v) is 6.35. The summed E-state index contributed by atoms with van der Waals surface area (Å²) in [5.74, 6) is -0.122. The van der Waals surface area contributed by atoms with E-state index in [1.165, 1.54) is 0 Å². The summed E-state index contributed by atoms with van der Waals surface area (Å²) >= 11 is 1.63. The van der Waals surface area contributed by atoms with Crippen LogP contribution >= 0.6 is 36.2 Å². The molecule has 1 aromatic carbocycles. The first-order valence-electron chi connectivity index (χ1n) is 6.79. The summed E-state index contributed by atoms with van der Waals surface area (Å²) in [5, 5.41) is 0.957. The third kappa shape index (κ3) is 4.32. The number of carbonyl (C=O) groups is 1. The van der Waals surface area contributed by atoms with E-state index in [0.29, 0.717) is 0 Å². The molecule has 1 aromatic heterocycles. The number of aromatic nitrogens is 1. The number of hydrogen-bond donors (Lipinski definition) is 1. The second-order valence-electron chi connectivity index (χ2n) is 5.29. The Morgan fingerprint density at radius 1 is 1.23 bits per heavy atom. The summed E-state index contributed by atoms with van der Waals surface area (Å²) in [6.45, 7) is 5.73. The number of hydrogen-bond acceptors (Lipinski definition) is 4. The third-order valence-electron chi connectivity index (χ3n) is 3.77. The number of thiazole rings is 1. The van der Waals surface area contributed by atoms with Crippen LogP contribution in [-0.2, 0) is 4.79 Å². The van der Waals surface area contributed by atoms with E-state index in [2.05, 4.69) is 11.1 Å². The Morgan fingerprint density at radius 2 is 1.82 bits per heavy atom. The minimum Gasteiger partial charge on any atom is -0.336 e. The molecule has 2 N–H and O–H groups in total. The number of para-hydroxylation sites is 1. The number of nitrogens with two attached hydrogens (primary N) is 1. The molecule has 0 spiro atoms. The molecule has 0 radical (unpaired) electrons. The molecular formula is C15H23Cl2N3OS. The predicted octanol–water partition coefficient (Wildman–Crippen LogP) is 3.64. The van der Waals surface area contributed by atoms with E-state index in [1.54, 1.807) is 16.2 Å². The predicted molar refractivity (Wildman–Crippen MR) is 98.1 cm³/mol. The molecule has 2 rings (SSSR count). The van der Waals surface area contributed by atoms with E-state index in [0.717, 1.165) is 15.2 Å². The summed E-state index contributed by atoms with van der Waals surface area (Å²) < 4.78 is 1.15. The van der Waals surface area contributed by atoms with Crippen molar-refractivity contribution in [2.24, 2.45) is 11.7 Å². The Morgan fingerprint density at radius 3 is 2.36 bits per heavy atom. The number of carbonyl (C=O) groups excluding carboxylic acids is 1. The largest absolute Gasteiger partial charge is 0.336 e. The number of nitrogens with zero attached hydrogens (tertiary/aromatic N) is 2. The molecule has 1 amide bonds. The van der Waals surface area contributed by atoms with E-state index in [4.69, 9.17) is 5.73 Å². The summed E-state index contributed by atoms with van der Waals surface area (Å²) in [6.07, 6.45) is 0. The lowest BCUT2D eigenvalue weighted by molar-refractivity contribution is -0.136. The average molecular weight is 364 g/mol. The Balaban J connectivity index is 0.00000220. The fraction of sp³-hybridized carbons (Fsp3) is 0.467. The van der Waals surface area contributed by atoms with Crippen molar-refractivity contribution in [1.29, 1.82) is 0 Å². The van der Waals surface area contributed by atoms with Gasteiger partial charge >= 0.3 is 0 Å². The minimum absolute atomic E-state index is 0. The maximum atomic E-state index is 12.3. The molecule has 7 heteroatoms. The highest BCUT2D eigenvalue weighted by Gasteiger charge is 2.26. The van der Waals surface area contributed by atoms with Gasteiger partial charge in [0.25, 0.3) is 0 Å². The van der Waals surface area contributed by atoms with Crippen LogP contribution in [0.15, 0.2) is 24.3 Å². The number of amides is 1. The van der Waals surface area contributed by atoms with Gasteiger partial charge in [-0.25, -0.2) is 4.98 Å². The van der Waals surface area contributed by atoms with Gasteiger partial charge in [0.05, 0.1) is 22.2 Å². The lowest BCUT2D eigenvalue weighted by Crippen LogP contribution is -2.40. The molecule has 0 saturated carbocycles. The molecule has 124 valence electrons. The number of benzene rings is 1. The zero-order valence-electron chi connectivity index (χ0n) is 13.1. The zero-order chi connectivity index (χ0) is 14.9. The van der Waals surface area contributed by atoms with Crippen LogP contribution in [-0.4, -0.2) is 28.9 Å². The summed E-state index contributed by atoms with van der Waals surface area (Å²) in [7, 11) is 1.82. The SMILES string of the molecule is CC(N)C(C)C(=O)N(C)C(C)c1nc2ccccc2s1.Cl.Cl. The van der Waals surface area contributed by atoms with Crippen LogP contribution in [0.2, 0.25) is 0 Å². The van der Waals surface area contributed by atoms with Crippen molar-refractivity contribution in [3.05, 3.63) is 29.3 Å². The maximum Gasteiger partial charge on any atom is 0.227 e. The van der Waals surface area contributed by atoms with Crippen LogP contribution in [0.5, 0.6) is 0 Å². The number of fused-ring (bicyclic) bond motifs is 1. The minimum atomic E-state index is -0.183. The molecule has 22 heavy (non-hydrogen) atoms. The molecule has 0 fully saturated rings. The third-order valence-corrected chi connectivity index (χ3v) is 4.98. The summed E-state index contributed by atoms with van der Waals surface area (Å²) in [4.78, 5) is 18.7. The molecule has 0 aliphatic rings. The quantitative estimate of drug-likeness (QED) is 0.901. The smallest absolute Gasteiger partial charge is 0.227 e. The number of rotatable bonds is 4. The van der Waals surface area contributed by atoms with Crippen molar-refractivity contribution in [1.82, 2.24) is 9.88 Å². The molecule has 0 aliphatic heterocycles. The Bertz CT molecular complexity index is 585. The Labute approximate surface area is 147 Å². The fourth-order valence-corrected chi connectivity index (χ4v) is 3.03. The van der Waals surface area contributed by atoms with Crippen molar-refractivity contribution in [2.75, 3.05) is 7.05 Å². The van der Waals surface area contributed by atoms with Crippen LogP contribution < -0.4 is 5.73 Å². The van der Waals surface area contributed by atoms with E-state index >= 15 is 0 Å². The van der Waals surface area contributed by atoms with Crippen molar-refractivity contribution in [2.45, 2.75) is 32.9 Å². The standard InChI is InChI=1S/C15H21N3OS.2ClH/c1-9(10(2)16)15(19)18(4)11(3)14-17-12-7-5-6-8-13(12)20-14;;/h5-11H,16H2,1-4H3;2*1H. The van der Waals surface area contributed by atoms with Gasteiger partial charge in [0, 0.05) is 13.1 Å². The van der Waals surface area contributed by atoms with Gasteiger partial charge in [0.1, 0.15) is 5.01 Å². The highest BCUT2D eigenvalue weighted by molar-refractivity contribution is 7.18. The number of halogens is 2. The first-order valence-corrected chi connectivity index (χ1v) is 7.61. The van der Waals surface area contributed by atoms with Gasteiger partial charge in [-0.3, -0.25) is 4.79 Å². The van der Waals surface area contributed by atoms with Crippen LogP contribution in [0.4, 0.5) is 0 Å². The lowest BCUT2D eigenvalue weighted by atomic mass is 10.0. The fourth-order valence-electron chi connectivity index (χ4n) is 1.97. The van der Waals surface area contributed by atoms with E-state index in [9.17, 15) is 4.79 Å². The normalized spacial score (nSPS) is 14.4. The summed E-state index contributed by atoms with van der Waals surface area (Å²) in [6, 6.07) is 7.84. The highest BCUT2D eigenvalue weighted by atomic mass is 35.5. The highest BCUT2D eigenvalue weighted by Crippen LogP contribution is 2.29. The zero-order valence-corrected chi connectivity index (χ0v) is 15.6. The van der Waals surface area contributed by atoms with Gasteiger partial charge in [-0.1, -0.05) is 19.1 Å². The molecular weight excluding hydrogens is 341 g/mol. The molecule has 0 bridgehead atoms. The van der Waals surface area contributed by atoms with Crippen molar-refractivity contribution in [3.8, 4) is 0 Å². The first-order chi connectivity index (χ1) is 9.41.